The molecular weight excluding hydrogens is 326 g/mol. The molecule has 0 saturated heterocycles. The maximum absolute atomic E-state index is 14.2. The zero-order chi connectivity index (χ0) is 16.9. The summed E-state index contributed by atoms with van der Waals surface area (Å²) >= 11 is 0. The van der Waals surface area contributed by atoms with Gasteiger partial charge in [0.25, 0.3) is 6.43 Å². The lowest BCUT2D eigenvalue weighted by molar-refractivity contribution is 0.141. The summed E-state index contributed by atoms with van der Waals surface area (Å²) < 4.78 is 81.6. The Bertz CT molecular complexity index is 921. The number of nitrogens with two attached hydrogens (primary N) is 1. The summed E-state index contributed by atoms with van der Waals surface area (Å²) in [7, 11) is 0. The number of fused-ring (bicyclic) bond motifs is 1. The van der Waals surface area contributed by atoms with E-state index in [0.29, 0.717) is 10.6 Å². The van der Waals surface area contributed by atoms with Gasteiger partial charge in [0.1, 0.15) is 23.0 Å². The van der Waals surface area contributed by atoms with Gasteiger partial charge in [-0.15, -0.1) is 5.10 Å². The number of rotatable bonds is 2. The minimum atomic E-state index is -3.52. The number of benzene rings is 1. The maximum atomic E-state index is 14.2. The van der Waals surface area contributed by atoms with Crippen LogP contribution in [-0.4, -0.2) is 14.6 Å². The van der Waals surface area contributed by atoms with Crippen LogP contribution in [0, 0.1) is 23.3 Å². The first kappa shape index (κ1) is 15.1. The highest BCUT2D eigenvalue weighted by Gasteiger charge is 2.28. The molecule has 0 fully saturated rings. The summed E-state index contributed by atoms with van der Waals surface area (Å²) in [4.78, 5) is 3.52. The molecule has 0 bridgehead atoms. The first-order valence-corrected chi connectivity index (χ1v) is 6.07. The van der Waals surface area contributed by atoms with Gasteiger partial charge in [0.15, 0.2) is 5.82 Å². The summed E-state index contributed by atoms with van der Waals surface area (Å²) in [5.41, 5.74) is 1.85. The van der Waals surface area contributed by atoms with E-state index in [0.717, 1.165) is 6.20 Å². The van der Waals surface area contributed by atoms with Crippen LogP contribution in [-0.2, 0) is 0 Å². The Kier molecular flexibility index (Phi) is 3.38. The van der Waals surface area contributed by atoms with Crippen LogP contribution in [0.25, 0.3) is 16.8 Å². The van der Waals surface area contributed by atoms with Crippen molar-refractivity contribution < 1.29 is 26.3 Å². The van der Waals surface area contributed by atoms with E-state index in [4.69, 9.17) is 5.73 Å². The van der Waals surface area contributed by atoms with Crippen molar-refractivity contribution in [2.24, 2.45) is 0 Å². The number of alkyl halides is 2. The first-order chi connectivity index (χ1) is 10.8. The summed E-state index contributed by atoms with van der Waals surface area (Å²) in [5.74, 6) is -6.36. The van der Waals surface area contributed by atoms with Crippen molar-refractivity contribution in [1.29, 1.82) is 0 Å². The molecule has 10 heteroatoms. The molecule has 3 aromatic rings. The predicted octanol–water partition coefficient (Wildman–Crippen LogP) is 3.47. The topological polar surface area (TPSA) is 56.2 Å². The van der Waals surface area contributed by atoms with E-state index in [1.165, 1.54) is 0 Å². The molecule has 0 amide bonds. The van der Waals surface area contributed by atoms with Crippen LogP contribution in [0.3, 0.4) is 0 Å². The molecule has 3 rings (SSSR count). The molecule has 120 valence electrons. The third kappa shape index (κ3) is 2.26. The van der Waals surface area contributed by atoms with Gasteiger partial charge in [0.05, 0.1) is 23.0 Å². The fourth-order valence-electron chi connectivity index (χ4n) is 2.18. The van der Waals surface area contributed by atoms with Gasteiger partial charge in [0.2, 0.25) is 5.95 Å². The van der Waals surface area contributed by atoms with E-state index >= 15 is 0 Å². The SMILES string of the molecule is Nc1ncc2c(F)cc(-c3c(F)cc(F)c(C(F)F)c3F)n2n1. The molecule has 2 heterocycles. The zero-order valence-electron chi connectivity index (χ0n) is 11.0. The lowest BCUT2D eigenvalue weighted by Crippen LogP contribution is -2.06. The second kappa shape index (κ2) is 5.14. The Morgan fingerprint density at radius 3 is 2.35 bits per heavy atom. The van der Waals surface area contributed by atoms with Crippen LogP contribution in [0.1, 0.15) is 12.0 Å². The predicted molar refractivity (Wildman–Crippen MR) is 67.6 cm³/mol. The standard InChI is InChI=1S/C13H6F6N4/c14-4-2-7(23-8(4)3-21-13(20)22-23)9-5(15)1-6(16)10(11(9)17)12(18)19/h1-3,12H,(H2,20,22). The fraction of sp³-hybridized carbons (Fsp3) is 0.0769. The zero-order valence-corrected chi connectivity index (χ0v) is 11.0. The number of anilines is 1. The van der Waals surface area contributed by atoms with Crippen LogP contribution in [0.2, 0.25) is 0 Å². The van der Waals surface area contributed by atoms with Crippen molar-refractivity contribution in [2.45, 2.75) is 6.43 Å². The average molecular weight is 332 g/mol. The van der Waals surface area contributed by atoms with Crippen molar-refractivity contribution in [3.63, 3.8) is 0 Å². The van der Waals surface area contributed by atoms with E-state index in [2.05, 4.69) is 10.1 Å². The lowest BCUT2D eigenvalue weighted by atomic mass is 10.1. The molecule has 0 saturated carbocycles. The minimum absolute atomic E-state index is 0.0990. The van der Waals surface area contributed by atoms with Crippen LogP contribution >= 0.6 is 0 Å². The Morgan fingerprint density at radius 2 is 1.70 bits per heavy atom. The molecule has 0 atom stereocenters. The van der Waals surface area contributed by atoms with Gasteiger partial charge >= 0.3 is 0 Å². The van der Waals surface area contributed by atoms with Crippen molar-refractivity contribution in [3.8, 4) is 11.3 Å². The van der Waals surface area contributed by atoms with Gasteiger partial charge in [-0.2, -0.15) is 0 Å². The second-order valence-corrected chi connectivity index (χ2v) is 4.53. The third-order valence-electron chi connectivity index (χ3n) is 3.17. The van der Waals surface area contributed by atoms with Gasteiger partial charge in [-0.3, -0.25) is 0 Å². The van der Waals surface area contributed by atoms with Crippen LogP contribution in [0.5, 0.6) is 0 Å². The third-order valence-corrected chi connectivity index (χ3v) is 3.17. The number of aromatic nitrogens is 3. The Hall–Kier alpha value is -2.78. The highest BCUT2D eigenvalue weighted by atomic mass is 19.3. The van der Waals surface area contributed by atoms with Crippen molar-refractivity contribution >= 4 is 11.5 Å². The van der Waals surface area contributed by atoms with Crippen LogP contribution in [0.4, 0.5) is 32.3 Å². The molecule has 2 N–H and O–H groups in total. The molecule has 2 aromatic heterocycles. The molecule has 0 spiro atoms. The van der Waals surface area contributed by atoms with Crippen molar-refractivity contribution in [1.82, 2.24) is 14.6 Å². The normalized spacial score (nSPS) is 11.6. The summed E-state index contributed by atoms with van der Waals surface area (Å²) in [6.07, 6.45) is -2.57. The molecule has 4 nitrogen and oxygen atoms in total. The number of nitrogens with zero attached hydrogens (tertiary/aromatic N) is 3. The average Bonchev–Trinajstić information content (AvgIpc) is 2.74. The minimum Gasteiger partial charge on any atom is -0.367 e. The smallest absolute Gasteiger partial charge is 0.269 e. The molecule has 0 radical (unpaired) electrons. The quantitative estimate of drug-likeness (QED) is 0.731. The van der Waals surface area contributed by atoms with Gasteiger partial charge in [-0.05, 0) is 0 Å². The van der Waals surface area contributed by atoms with Gasteiger partial charge in [-0.25, -0.2) is 35.8 Å². The molecular formula is C13H6F6N4. The van der Waals surface area contributed by atoms with Crippen LogP contribution < -0.4 is 5.73 Å². The summed E-state index contributed by atoms with van der Waals surface area (Å²) in [5, 5.41) is 3.58. The molecule has 23 heavy (non-hydrogen) atoms. The summed E-state index contributed by atoms with van der Waals surface area (Å²) in [6.45, 7) is 0. The second-order valence-electron chi connectivity index (χ2n) is 4.53. The Labute approximate surface area is 124 Å². The van der Waals surface area contributed by atoms with Gasteiger partial charge in [-0.1, -0.05) is 0 Å². The molecule has 1 aromatic carbocycles. The van der Waals surface area contributed by atoms with Gasteiger partial charge in [0, 0.05) is 12.1 Å². The molecule has 0 aliphatic rings. The fourth-order valence-corrected chi connectivity index (χ4v) is 2.18. The maximum Gasteiger partial charge on any atom is 0.269 e. The van der Waals surface area contributed by atoms with E-state index in [-0.39, 0.29) is 17.5 Å². The van der Waals surface area contributed by atoms with E-state index in [9.17, 15) is 26.3 Å². The highest BCUT2D eigenvalue weighted by molar-refractivity contribution is 5.69. The number of hydrogen-bond acceptors (Lipinski definition) is 3. The van der Waals surface area contributed by atoms with Crippen molar-refractivity contribution in [3.05, 3.63) is 47.2 Å². The monoisotopic (exact) mass is 332 g/mol. The van der Waals surface area contributed by atoms with Crippen molar-refractivity contribution in [2.75, 3.05) is 5.73 Å². The van der Waals surface area contributed by atoms with E-state index in [1.807, 2.05) is 0 Å². The summed E-state index contributed by atoms with van der Waals surface area (Å²) in [6, 6.07) is 0.764. The Balaban J connectivity index is 2.40. The highest BCUT2D eigenvalue weighted by Crippen LogP contribution is 2.35. The van der Waals surface area contributed by atoms with E-state index < -0.39 is 46.5 Å². The largest absolute Gasteiger partial charge is 0.367 e. The molecule has 0 unspecified atom stereocenters. The lowest BCUT2D eigenvalue weighted by Gasteiger charge is -2.10. The van der Waals surface area contributed by atoms with Crippen LogP contribution in [0.15, 0.2) is 18.3 Å². The molecule has 0 aliphatic carbocycles. The number of nitrogen functional groups attached to an aromatic ring is 1. The van der Waals surface area contributed by atoms with E-state index in [1.54, 1.807) is 0 Å². The Morgan fingerprint density at radius 1 is 1.00 bits per heavy atom. The first-order valence-electron chi connectivity index (χ1n) is 6.07. The molecule has 0 aliphatic heterocycles. The van der Waals surface area contributed by atoms with Gasteiger partial charge < -0.3 is 5.73 Å². The number of hydrogen-bond donors (Lipinski definition) is 1. The number of halogens is 6.